The highest BCUT2D eigenvalue weighted by atomic mass is 35.5. The number of amides is 2. The standard InChI is InChI=1S/C15H19ClN2O3/c1-9(2)21-10-4-5-11(12(16)6-10)13(19)18-7-15(3,8-18)14(17)20/h4-6,9H,7-8H2,1-3H3,(H2,17,20). The lowest BCUT2D eigenvalue weighted by atomic mass is 9.81. The zero-order chi connectivity index (χ0) is 15.8. The van der Waals surface area contributed by atoms with Crippen LogP contribution in [-0.4, -0.2) is 35.9 Å². The maximum Gasteiger partial charge on any atom is 0.255 e. The highest BCUT2D eigenvalue weighted by molar-refractivity contribution is 6.34. The molecule has 0 unspecified atom stereocenters. The smallest absolute Gasteiger partial charge is 0.255 e. The molecule has 1 aliphatic rings. The van der Waals surface area contributed by atoms with Gasteiger partial charge in [0.25, 0.3) is 5.91 Å². The molecule has 1 heterocycles. The van der Waals surface area contributed by atoms with Gasteiger partial charge in [0.2, 0.25) is 5.91 Å². The van der Waals surface area contributed by atoms with Gasteiger partial charge in [0.15, 0.2) is 0 Å². The SMILES string of the molecule is CC(C)Oc1ccc(C(=O)N2CC(C)(C(N)=O)C2)c(Cl)c1. The second-order valence-electron chi connectivity index (χ2n) is 5.89. The number of nitrogens with two attached hydrogens (primary N) is 1. The van der Waals surface area contributed by atoms with Crippen molar-refractivity contribution >= 4 is 23.4 Å². The van der Waals surface area contributed by atoms with E-state index in [1.54, 1.807) is 30.0 Å². The molecule has 1 saturated heterocycles. The number of hydrogen-bond donors (Lipinski definition) is 1. The molecule has 0 saturated carbocycles. The van der Waals surface area contributed by atoms with Gasteiger partial charge in [-0.2, -0.15) is 0 Å². The molecule has 0 spiro atoms. The molecule has 5 nitrogen and oxygen atoms in total. The molecule has 0 aliphatic carbocycles. The van der Waals surface area contributed by atoms with Crippen molar-refractivity contribution in [3.63, 3.8) is 0 Å². The predicted octanol–water partition coefficient (Wildman–Crippen LogP) is 2.07. The molecule has 2 rings (SSSR count). The number of carbonyl (C=O) groups excluding carboxylic acids is 2. The average molecular weight is 311 g/mol. The Balaban J connectivity index is 2.09. The van der Waals surface area contributed by atoms with Gasteiger partial charge in [-0.15, -0.1) is 0 Å². The van der Waals surface area contributed by atoms with Crippen molar-refractivity contribution in [2.45, 2.75) is 26.9 Å². The number of likely N-dealkylation sites (tertiary alicyclic amines) is 1. The fourth-order valence-corrected chi connectivity index (χ4v) is 2.53. The Labute approximate surface area is 129 Å². The number of nitrogens with zero attached hydrogens (tertiary/aromatic N) is 1. The van der Waals surface area contributed by atoms with E-state index in [9.17, 15) is 9.59 Å². The van der Waals surface area contributed by atoms with Gasteiger partial charge < -0.3 is 15.4 Å². The van der Waals surface area contributed by atoms with Gasteiger partial charge >= 0.3 is 0 Å². The number of hydrogen-bond acceptors (Lipinski definition) is 3. The molecule has 0 aromatic heterocycles. The third-order valence-electron chi connectivity index (χ3n) is 3.50. The molecule has 6 heteroatoms. The minimum atomic E-state index is -0.636. The Morgan fingerprint density at radius 2 is 2.00 bits per heavy atom. The summed E-state index contributed by atoms with van der Waals surface area (Å²) in [5.41, 5.74) is 5.08. The third-order valence-corrected chi connectivity index (χ3v) is 3.82. The van der Waals surface area contributed by atoms with Crippen LogP contribution < -0.4 is 10.5 Å². The molecule has 1 fully saturated rings. The van der Waals surface area contributed by atoms with E-state index in [1.165, 1.54) is 0 Å². The van der Waals surface area contributed by atoms with Crippen molar-refractivity contribution in [1.82, 2.24) is 4.90 Å². The van der Waals surface area contributed by atoms with Crippen molar-refractivity contribution in [2.75, 3.05) is 13.1 Å². The van der Waals surface area contributed by atoms with E-state index in [0.29, 0.717) is 29.4 Å². The Morgan fingerprint density at radius 1 is 1.38 bits per heavy atom. The van der Waals surface area contributed by atoms with Crippen LogP contribution >= 0.6 is 11.6 Å². The molecule has 114 valence electrons. The topological polar surface area (TPSA) is 72.6 Å². The zero-order valence-corrected chi connectivity index (χ0v) is 13.1. The lowest BCUT2D eigenvalue weighted by Gasteiger charge is -2.45. The van der Waals surface area contributed by atoms with Crippen molar-refractivity contribution in [3.8, 4) is 5.75 Å². The molecule has 1 aromatic rings. The van der Waals surface area contributed by atoms with E-state index in [2.05, 4.69) is 0 Å². The van der Waals surface area contributed by atoms with E-state index in [0.717, 1.165) is 0 Å². The van der Waals surface area contributed by atoms with Crippen LogP contribution in [0.4, 0.5) is 0 Å². The molecule has 2 amide bonds. The minimum absolute atomic E-state index is 0.0364. The van der Waals surface area contributed by atoms with E-state index in [4.69, 9.17) is 22.1 Å². The maximum absolute atomic E-state index is 12.3. The normalized spacial score (nSPS) is 16.5. The van der Waals surface area contributed by atoms with Crippen molar-refractivity contribution in [1.29, 1.82) is 0 Å². The van der Waals surface area contributed by atoms with Gasteiger partial charge in [0, 0.05) is 13.1 Å². The third kappa shape index (κ3) is 3.13. The number of ether oxygens (including phenoxy) is 1. The Morgan fingerprint density at radius 3 is 2.48 bits per heavy atom. The summed E-state index contributed by atoms with van der Waals surface area (Å²) in [6.45, 7) is 6.22. The first-order valence-corrected chi connectivity index (χ1v) is 7.16. The minimum Gasteiger partial charge on any atom is -0.491 e. The summed E-state index contributed by atoms with van der Waals surface area (Å²) in [7, 11) is 0. The van der Waals surface area contributed by atoms with Crippen LogP contribution in [0.3, 0.4) is 0 Å². The average Bonchev–Trinajstić information content (AvgIpc) is 2.33. The number of benzene rings is 1. The van der Waals surface area contributed by atoms with E-state index in [1.807, 2.05) is 13.8 Å². The van der Waals surface area contributed by atoms with Gasteiger partial charge in [-0.3, -0.25) is 9.59 Å². The summed E-state index contributed by atoms with van der Waals surface area (Å²) in [5.74, 6) is 0.0327. The molecule has 2 N–H and O–H groups in total. The highest BCUT2D eigenvalue weighted by Gasteiger charge is 2.46. The van der Waals surface area contributed by atoms with Crippen molar-refractivity contribution in [2.24, 2.45) is 11.1 Å². The Hall–Kier alpha value is -1.75. The van der Waals surface area contributed by atoms with E-state index in [-0.39, 0.29) is 12.0 Å². The molecule has 21 heavy (non-hydrogen) atoms. The van der Waals surface area contributed by atoms with Gasteiger partial charge in [0.1, 0.15) is 5.75 Å². The lowest BCUT2D eigenvalue weighted by molar-refractivity contribution is -0.134. The summed E-state index contributed by atoms with van der Waals surface area (Å²) in [5, 5.41) is 0.339. The van der Waals surface area contributed by atoms with Gasteiger partial charge in [-0.05, 0) is 39.0 Å². The molecule has 0 atom stereocenters. The van der Waals surface area contributed by atoms with Crippen LogP contribution in [0.5, 0.6) is 5.75 Å². The first kappa shape index (κ1) is 15.6. The number of carbonyl (C=O) groups is 2. The zero-order valence-electron chi connectivity index (χ0n) is 12.4. The first-order chi connectivity index (χ1) is 9.73. The monoisotopic (exact) mass is 310 g/mol. The van der Waals surface area contributed by atoms with E-state index < -0.39 is 11.3 Å². The van der Waals surface area contributed by atoms with Crippen LogP contribution in [0.25, 0.3) is 0 Å². The van der Waals surface area contributed by atoms with Gasteiger partial charge in [-0.25, -0.2) is 0 Å². The predicted molar refractivity (Wildman–Crippen MR) is 80.4 cm³/mol. The quantitative estimate of drug-likeness (QED) is 0.925. The first-order valence-electron chi connectivity index (χ1n) is 6.78. The summed E-state index contributed by atoms with van der Waals surface area (Å²) >= 11 is 6.15. The van der Waals surface area contributed by atoms with Crippen molar-refractivity contribution < 1.29 is 14.3 Å². The number of rotatable bonds is 4. The van der Waals surface area contributed by atoms with Gasteiger partial charge in [-0.1, -0.05) is 11.6 Å². The van der Waals surface area contributed by atoms with Crippen molar-refractivity contribution in [3.05, 3.63) is 28.8 Å². The van der Waals surface area contributed by atoms with Crippen LogP contribution in [0, 0.1) is 5.41 Å². The van der Waals surface area contributed by atoms with Crippen LogP contribution in [-0.2, 0) is 4.79 Å². The summed E-state index contributed by atoms with van der Waals surface area (Å²) in [6.07, 6.45) is 0.0364. The number of primary amides is 1. The largest absolute Gasteiger partial charge is 0.491 e. The fraction of sp³-hybridized carbons (Fsp3) is 0.467. The van der Waals surface area contributed by atoms with Crippen LogP contribution in [0.2, 0.25) is 5.02 Å². The second-order valence-corrected chi connectivity index (χ2v) is 6.30. The van der Waals surface area contributed by atoms with Crippen LogP contribution in [0.1, 0.15) is 31.1 Å². The lowest BCUT2D eigenvalue weighted by Crippen LogP contribution is -2.62. The summed E-state index contributed by atoms with van der Waals surface area (Å²) in [6, 6.07) is 4.98. The van der Waals surface area contributed by atoms with Gasteiger partial charge in [0.05, 0.1) is 22.1 Å². The summed E-state index contributed by atoms with van der Waals surface area (Å²) in [4.78, 5) is 25.2. The molecule has 0 bridgehead atoms. The fourth-order valence-electron chi connectivity index (χ4n) is 2.28. The molecule has 1 aromatic carbocycles. The molecular formula is C15H19ClN2O3. The van der Waals surface area contributed by atoms with E-state index >= 15 is 0 Å². The maximum atomic E-state index is 12.3. The summed E-state index contributed by atoms with van der Waals surface area (Å²) < 4.78 is 5.52. The second kappa shape index (κ2) is 5.56. The molecular weight excluding hydrogens is 292 g/mol. The Bertz CT molecular complexity index is 580. The molecule has 1 aliphatic heterocycles. The highest BCUT2D eigenvalue weighted by Crippen LogP contribution is 2.32. The molecule has 0 radical (unpaired) electrons. The van der Waals surface area contributed by atoms with Crippen LogP contribution in [0.15, 0.2) is 18.2 Å². The number of halogens is 1. The Kier molecular flexibility index (Phi) is 4.14.